The molecule has 2 aromatic carbocycles. The van der Waals surface area contributed by atoms with E-state index in [1.165, 1.54) is 16.8 Å². The minimum Gasteiger partial charge on any atom is -0.462 e. The number of carbonyl (C=O) groups excluding carboxylic acids is 1. The molecule has 36 heavy (non-hydrogen) atoms. The van der Waals surface area contributed by atoms with Crippen molar-refractivity contribution in [2.24, 2.45) is 0 Å². The van der Waals surface area contributed by atoms with E-state index < -0.39 is 11.8 Å². The number of anilines is 1. The van der Waals surface area contributed by atoms with Crippen LogP contribution in [0.3, 0.4) is 0 Å². The first-order valence-electron chi connectivity index (χ1n) is 11.2. The van der Waals surface area contributed by atoms with Crippen molar-refractivity contribution in [1.82, 2.24) is 24.6 Å². The van der Waals surface area contributed by atoms with Gasteiger partial charge in [0.2, 0.25) is 5.95 Å². The fourth-order valence-electron chi connectivity index (χ4n) is 3.58. The zero-order chi connectivity index (χ0) is 24.9. The third kappa shape index (κ3) is 4.83. The summed E-state index contributed by atoms with van der Waals surface area (Å²) in [4.78, 5) is 25.2. The molecule has 0 saturated carbocycles. The van der Waals surface area contributed by atoms with Gasteiger partial charge in [-0.1, -0.05) is 24.3 Å². The van der Waals surface area contributed by atoms with Crippen molar-refractivity contribution in [2.75, 3.05) is 11.9 Å². The zero-order valence-corrected chi connectivity index (χ0v) is 19.3. The first-order valence-corrected chi connectivity index (χ1v) is 11.2. The standard InChI is InChI=1S/C26H21FN6O3/c1-2-35-24(34)21-16-30-26-31-25(32-33(26)23(21)20-5-3-4-6-22(20)27)29-15-17-7-9-18(10-8-17)36-19-11-13-28-14-12-19/h3-14,16H,2,15H2,1H3,(H,29,32). The second-order valence-corrected chi connectivity index (χ2v) is 7.65. The molecule has 0 bridgehead atoms. The van der Waals surface area contributed by atoms with Gasteiger partial charge in [0.05, 0.1) is 12.3 Å². The molecule has 5 rings (SSSR count). The number of esters is 1. The molecule has 0 aliphatic rings. The SMILES string of the molecule is CCOC(=O)c1cnc2nc(NCc3ccc(Oc4ccncc4)cc3)nn2c1-c1ccccc1F. The lowest BCUT2D eigenvalue weighted by molar-refractivity contribution is 0.0526. The lowest BCUT2D eigenvalue weighted by Crippen LogP contribution is -2.11. The third-order valence-electron chi connectivity index (χ3n) is 5.25. The number of rotatable bonds is 8. The highest BCUT2D eigenvalue weighted by Crippen LogP contribution is 2.27. The molecule has 3 heterocycles. The maximum absolute atomic E-state index is 14.7. The number of hydrogen-bond acceptors (Lipinski definition) is 8. The average Bonchev–Trinajstić information content (AvgIpc) is 3.32. The van der Waals surface area contributed by atoms with E-state index in [0.29, 0.717) is 18.0 Å². The van der Waals surface area contributed by atoms with Crippen LogP contribution in [0.1, 0.15) is 22.8 Å². The largest absolute Gasteiger partial charge is 0.462 e. The van der Waals surface area contributed by atoms with E-state index in [4.69, 9.17) is 9.47 Å². The Labute approximate surface area is 205 Å². The number of halogens is 1. The van der Waals surface area contributed by atoms with Crippen LogP contribution in [0.4, 0.5) is 10.3 Å². The first kappa shape index (κ1) is 22.9. The summed E-state index contributed by atoms with van der Waals surface area (Å²) in [5, 5.41) is 7.59. The summed E-state index contributed by atoms with van der Waals surface area (Å²) in [6.07, 6.45) is 4.66. The molecule has 1 N–H and O–H groups in total. The van der Waals surface area contributed by atoms with Crippen molar-refractivity contribution < 1.29 is 18.7 Å². The van der Waals surface area contributed by atoms with Crippen molar-refractivity contribution in [1.29, 1.82) is 0 Å². The molecule has 5 aromatic rings. The van der Waals surface area contributed by atoms with Gasteiger partial charge in [0.1, 0.15) is 22.9 Å². The molecule has 0 saturated heterocycles. The topological polar surface area (TPSA) is 104 Å². The number of hydrogen-bond donors (Lipinski definition) is 1. The number of aromatic nitrogens is 5. The van der Waals surface area contributed by atoms with Crippen LogP contribution in [0.15, 0.2) is 79.3 Å². The Morgan fingerprint density at radius 2 is 1.78 bits per heavy atom. The molecule has 0 aliphatic heterocycles. The van der Waals surface area contributed by atoms with Gasteiger partial charge >= 0.3 is 5.97 Å². The second kappa shape index (κ2) is 10.2. The van der Waals surface area contributed by atoms with E-state index >= 15 is 0 Å². The van der Waals surface area contributed by atoms with Gasteiger partial charge in [0.25, 0.3) is 5.78 Å². The van der Waals surface area contributed by atoms with E-state index in [0.717, 1.165) is 5.56 Å². The smallest absolute Gasteiger partial charge is 0.341 e. The van der Waals surface area contributed by atoms with Gasteiger partial charge in [-0.05, 0) is 48.9 Å². The lowest BCUT2D eigenvalue weighted by Gasteiger charge is -2.10. The highest BCUT2D eigenvalue weighted by Gasteiger charge is 2.22. The number of ether oxygens (including phenoxy) is 2. The molecular formula is C26H21FN6O3. The van der Waals surface area contributed by atoms with Crippen LogP contribution >= 0.6 is 0 Å². The molecule has 0 atom stereocenters. The molecule has 0 spiro atoms. The minimum absolute atomic E-state index is 0.0932. The zero-order valence-electron chi connectivity index (χ0n) is 19.3. The van der Waals surface area contributed by atoms with Gasteiger partial charge in [0, 0.05) is 30.7 Å². The molecule has 0 unspecified atom stereocenters. The summed E-state index contributed by atoms with van der Waals surface area (Å²) in [6.45, 7) is 2.29. The third-order valence-corrected chi connectivity index (χ3v) is 5.25. The fourth-order valence-corrected chi connectivity index (χ4v) is 3.58. The Morgan fingerprint density at radius 3 is 2.53 bits per heavy atom. The van der Waals surface area contributed by atoms with E-state index in [2.05, 4.69) is 25.4 Å². The van der Waals surface area contributed by atoms with Gasteiger partial charge in [0.15, 0.2) is 0 Å². The predicted octanol–water partition coefficient (Wildman–Crippen LogP) is 4.91. The van der Waals surface area contributed by atoms with Crippen LogP contribution in [0.25, 0.3) is 17.0 Å². The highest BCUT2D eigenvalue weighted by atomic mass is 19.1. The maximum Gasteiger partial charge on any atom is 0.341 e. The molecule has 0 fully saturated rings. The molecular weight excluding hydrogens is 463 g/mol. The Morgan fingerprint density at radius 1 is 1.03 bits per heavy atom. The normalized spacial score (nSPS) is 10.8. The average molecular weight is 484 g/mol. The summed E-state index contributed by atoms with van der Waals surface area (Å²) in [6, 6.07) is 17.2. The maximum atomic E-state index is 14.7. The molecule has 180 valence electrons. The van der Waals surface area contributed by atoms with Crippen molar-refractivity contribution in [3.8, 4) is 22.8 Å². The Bertz CT molecular complexity index is 1510. The van der Waals surface area contributed by atoms with Gasteiger partial charge in [-0.25, -0.2) is 14.2 Å². The summed E-state index contributed by atoms with van der Waals surface area (Å²) < 4.78 is 27.0. The Kier molecular flexibility index (Phi) is 6.48. The molecule has 3 aromatic heterocycles. The number of fused-ring (bicyclic) bond motifs is 1. The van der Waals surface area contributed by atoms with Crippen LogP contribution < -0.4 is 10.1 Å². The Balaban J connectivity index is 1.40. The van der Waals surface area contributed by atoms with Gasteiger partial charge in [-0.15, -0.1) is 5.10 Å². The second-order valence-electron chi connectivity index (χ2n) is 7.65. The van der Waals surface area contributed by atoms with E-state index in [1.54, 1.807) is 49.6 Å². The van der Waals surface area contributed by atoms with Crippen molar-refractivity contribution >= 4 is 17.7 Å². The number of carbonyl (C=O) groups is 1. The van der Waals surface area contributed by atoms with Crippen molar-refractivity contribution in [3.63, 3.8) is 0 Å². The summed E-state index contributed by atoms with van der Waals surface area (Å²) >= 11 is 0. The van der Waals surface area contributed by atoms with Crippen molar-refractivity contribution in [2.45, 2.75) is 13.5 Å². The lowest BCUT2D eigenvalue weighted by atomic mass is 10.1. The van der Waals surface area contributed by atoms with Crippen LogP contribution in [0.5, 0.6) is 11.5 Å². The van der Waals surface area contributed by atoms with E-state index in [-0.39, 0.29) is 35.2 Å². The van der Waals surface area contributed by atoms with Crippen LogP contribution in [0, 0.1) is 5.82 Å². The summed E-state index contributed by atoms with van der Waals surface area (Å²) in [5.74, 6) is 0.758. The molecule has 10 heteroatoms. The van der Waals surface area contributed by atoms with Crippen LogP contribution in [-0.2, 0) is 11.3 Å². The monoisotopic (exact) mass is 484 g/mol. The van der Waals surface area contributed by atoms with Crippen LogP contribution in [0.2, 0.25) is 0 Å². The number of nitrogens with one attached hydrogen (secondary N) is 1. The van der Waals surface area contributed by atoms with E-state index in [1.807, 2.05) is 24.3 Å². The fraction of sp³-hybridized carbons (Fsp3) is 0.115. The molecule has 0 aliphatic carbocycles. The van der Waals surface area contributed by atoms with Crippen LogP contribution in [-0.4, -0.2) is 37.1 Å². The number of benzene rings is 2. The van der Waals surface area contributed by atoms with Gasteiger partial charge in [-0.3, -0.25) is 4.98 Å². The summed E-state index contributed by atoms with van der Waals surface area (Å²) in [5.41, 5.74) is 1.46. The number of pyridine rings is 1. The van der Waals surface area contributed by atoms with Gasteiger partial charge in [-0.2, -0.15) is 9.50 Å². The molecule has 9 nitrogen and oxygen atoms in total. The predicted molar refractivity (Wildman–Crippen MR) is 130 cm³/mol. The summed E-state index contributed by atoms with van der Waals surface area (Å²) in [7, 11) is 0. The highest BCUT2D eigenvalue weighted by molar-refractivity contribution is 5.96. The first-order chi connectivity index (χ1) is 17.6. The van der Waals surface area contributed by atoms with Crippen molar-refractivity contribution in [3.05, 3.63) is 96.2 Å². The van der Waals surface area contributed by atoms with E-state index in [9.17, 15) is 9.18 Å². The number of nitrogens with zero attached hydrogens (tertiary/aromatic N) is 5. The Hall–Kier alpha value is -4.86. The quantitative estimate of drug-likeness (QED) is 0.310. The molecule has 0 amide bonds. The van der Waals surface area contributed by atoms with Gasteiger partial charge < -0.3 is 14.8 Å². The minimum atomic E-state index is -0.621. The molecule has 0 radical (unpaired) electrons.